The number of aromatic amines is 1. The third kappa shape index (κ3) is 2.96. The highest BCUT2D eigenvalue weighted by molar-refractivity contribution is 7.09. The zero-order chi connectivity index (χ0) is 13.0. The van der Waals surface area contributed by atoms with Crippen LogP contribution in [0, 0.1) is 0 Å². The second-order valence-corrected chi connectivity index (χ2v) is 4.73. The van der Waals surface area contributed by atoms with Gasteiger partial charge in [-0.1, -0.05) is 6.92 Å². The summed E-state index contributed by atoms with van der Waals surface area (Å²) in [6.07, 6.45) is 2.63. The molecule has 0 atom stereocenters. The Morgan fingerprint density at radius 2 is 2.44 bits per heavy atom. The monoisotopic (exact) mass is 266 g/mol. The molecular weight excluding hydrogens is 252 g/mol. The maximum Gasteiger partial charge on any atom is 0.352 e. The van der Waals surface area contributed by atoms with Crippen molar-refractivity contribution >= 4 is 17.3 Å². The van der Waals surface area contributed by atoms with Crippen molar-refractivity contribution in [1.29, 1.82) is 0 Å². The fourth-order valence-corrected chi connectivity index (χ4v) is 2.22. The highest BCUT2D eigenvalue weighted by Crippen LogP contribution is 2.23. The number of H-pyrrole nitrogens is 1. The molecule has 6 heteroatoms. The van der Waals surface area contributed by atoms with Gasteiger partial charge in [0, 0.05) is 23.7 Å². The molecule has 0 spiro atoms. The zero-order valence-corrected chi connectivity index (χ0v) is 10.8. The molecule has 2 heterocycles. The lowest BCUT2D eigenvalue weighted by Crippen LogP contribution is -1.94. The molecule has 2 N–H and O–H groups in total. The number of hydrogen-bond donors (Lipinski definition) is 2. The Hall–Kier alpha value is -1.66. The number of carboxylic acids is 1. The summed E-state index contributed by atoms with van der Waals surface area (Å²) in [6, 6.07) is 1.58. The van der Waals surface area contributed by atoms with Gasteiger partial charge in [-0.15, -0.1) is 11.3 Å². The first-order valence-corrected chi connectivity index (χ1v) is 6.53. The average molecular weight is 266 g/mol. The van der Waals surface area contributed by atoms with Crippen LogP contribution in [0.3, 0.4) is 0 Å². The van der Waals surface area contributed by atoms with Gasteiger partial charge in [0.1, 0.15) is 10.7 Å². The summed E-state index contributed by atoms with van der Waals surface area (Å²) < 4.78 is 5.41. The van der Waals surface area contributed by atoms with E-state index in [1.54, 1.807) is 12.3 Å². The highest BCUT2D eigenvalue weighted by atomic mass is 32.1. The number of thiazole rings is 1. The predicted octanol–water partition coefficient (Wildman–Crippen LogP) is 2.76. The maximum atomic E-state index is 10.8. The van der Waals surface area contributed by atoms with Crippen molar-refractivity contribution in [1.82, 2.24) is 9.97 Å². The SMILES string of the molecule is CCCOCc1nc(-c2c[nH]c(C(=O)O)c2)cs1. The minimum atomic E-state index is -0.969. The fourth-order valence-electron chi connectivity index (χ4n) is 1.48. The third-order valence-corrected chi connectivity index (χ3v) is 3.16. The summed E-state index contributed by atoms with van der Waals surface area (Å²) in [5, 5.41) is 11.6. The largest absolute Gasteiger partial charge is 0.477 e. The Balaban J connectivity index is 2.06. The molecule has 0 aliphatic rings. The first-order chi connectivity index (χ1) is 8.70. The van der Waals surface area contributed by atoms with Gasteiger partial charge in [0.15, 0.2) is 0 Å². The smallest absolute Gasteiger partial charge is 0.352 e. The first-order valence-electron chi connectivity index (χ1n) is 5.65. The molecule has 18 heavy (non-hydrogen) atoms. The molecule has 0 saturated carbocycles. The van der Waals surface area contributed by atoms with Crippen LogP contribution in [0.15, 0.2) is 17.6 Å². The van der Waals surface area contributed by atoms with E-state index in [1.165, 1.54) is 11.3 Å². The molecule has 96 valence electrons. The molecule has 0 radical (unpaired) electrons. The quantitative estimate of drug-likeness (QED) is 0.788. The Labute approximate surface area is 108 Å². The average Bonchev–Trinajstić information content (AvgIpc) is 2.97. The van der Waals surface area contributed by atoms with Crippen LogP contribution in [0.4, 0.5) is 0 Å². The van der Waals surface area contributed by atoms with Crippen LogP contribution in [0.25, 0.3) is 11.3 Å². The van der Waals surface area contributed by atoms with Crippen molar-refractivity contribution in [3.8, 4) is 11.3 Å². The van der Waals surface area contributed by atoms with Gasteiger partial charge in [-0.05, 0) is 12.5 Å². The standard InChI is InChI=1S/C12H14N2O3S/c1-2-3-17-6-11-14-10(7-18-11)8-4-9(12(15)16)13-5-8/h4-5,7,13H,2-3,6H2,1H3,(H,15,16). The van der Waals surface area contributed by atoms with Crippen molar-refractivity contribution in [3.05, 3.63) is 28.3 Å². The predicted molar refractivity (Wildman–Crippen MR) is 68.8 cm³/mol. The number of carbonyl (C=O) groups is 1. The normalized spacial score (nSPS) is 10.7. The summed E-state index contributed by atoms with van der Waals surface area (Å²) in [6.45, 7) is 3.29. The van der Waals surface area contributed by atoms with Gasteiger partial charge in [0.05, 0.1) is 12.3 Å². The molecule has 5 nitrogen and oxygen atoms in total. The van der Waals surface area contributed by atoms with E-state index in [2.05, 4.69) is 16.9 Å². The molecular formula is C12H14N2O3S. The second-order valence-electron chi connectivity index (χ2n) is 3.79. The van der Waals surface area contributed by atoms with Crippen LogP contribution in [0.5, 0.6) is 0 Å². The van der Waals surface area contributed by atoms with Crippen LogP contribution in [-0.2, 0) is 11.3 Å². The molecule has 0 aliphatic heterocycles. The lowest BCUT2D eigenvalue weighted by Gasteiger charge is -1.97. The van der Waals surface area contributed by atoms with Gasteiger partial charge in [0.2, 0.25) is 0 Å². The summed E-state index contributed by atoms with van der Waals surface area (Å²) in [7, 11) is 0. The number of hydrogen-bond acceptors (Lipinski definition) is 4. The molecule has 0 amide bonds. The van der Waals surface area contributed by atoms with Gasteiger partial charge < -0.3 is 14.8 Å². The number of aromatic nitrogens is 2. The van der Waals surface area contributed by atoms with Gasteiger partial charge >= 0.3 is 5.97 Å². The van der Waals surface area contributed by atoms with E-state index >= 15 is 0 Å². The minimum Gasteiger partial charge on any atom is -0.477 e. The number of ether oxygens (including phenoxy) is 1. The maximum absolute atomic E-state index is 10.8. The number of rotatable bonds is 6. The number of nitrogens with zero attached hydrogens (tertiary/aromatic N) is 1. The number of aromatic carboxylic acids is 1. The molecule has 2 aromatic heterocycles. The Morgan fingerprint density at radius 1 is 1.61 bits per heavy atom. The van der Waals surface area contributed by atoms with Crippen LogP contribution in [0.1, 0.15) is 28.8 Å². The highest BCUT2D eigenvalue weighted by Gasteiger charge is 2.10. The van der Waals surface area contributed by atoms with Crippen molar-refractivity contribution in [3.63, 3.8) is 0 Å². The summed E-state index contributed by atoms with van der Waals surface area (Å²) in [5.41, 5.74) is 1.73. The molecule has 0 fully saturated rings. The first kappa shape index (κ1) is 12.8. The molecule has 2 aromatic rings. The number of nitrogens with one attached hydrogen (secondary N) is 1. The van der Waals surface area contributed by atoms with E-state index in [0.29, 0.717) is 6.61 Å². The van der Waals surface area contributed by atoms with Gasteiger partial charge in [-0.2, -0.15) is 0 Å². The van der Waals surface area contributed by atoms with Crippen LogP contribution >= 0.6 is 11.3 Å². The van der Waals surface area contributed by atoms with Crippen molar-refractivity contribution < 1.29 is 14.6 Å². The Bertz CT molecular complexity index is 533. The zero-order valence-electron chi connectivity index (χ0n) is 9.97. The second kappa shape index (κ2) is 5.79. The molecule has 0 aromatic carbocycles. The molecule has 0 aliphatic carbocycles. The van der Waals surface area contributed by atoms with Crippen molar-refractivity contribution in [2.24, 2.45) is 0 Å². The van der Waals surface area contributed by atoms with E-state index in [1.807, 2.05) is 5.38 Å². The van der Waals surface area contributed by atoms with Gasteiger partial charge in [0.25, 0.3) is 0 Å². The minimum absolute atomic E-state index is 0.168. The summed E-state index contributed by atoms with van der Waals surface area (Å²) in [4.78, 5) is 17.9. The molecule has 2 rings (SSSR count). The van der Waals surface area contributed by atoms with E-state index in [4.69, 9.17) is 9.84 Å². The van der Waals surface area contributed by atoms with Crippen LogP contribution in [0.2, 0.25) is 0 Å². The van der Waals surface area contributed by atoms with Gasteiger partial charge in [-0.3, -0.25) is 0 Å². The third-order valence-electron chi connectivity index (χ3n) is 2.33. The molecule has 0 saturated heterocycles. The van der Waals surface area contributed by atoms with E-state index in [9.17, 15) is 4.79 Å². The van der Waals surface area contributed by atoms with Crippen LogP contribution in [-0.4, -0.2) is 27.7 Å². The van der Waals surface area contributed by atoms with Crippen LogP contribution < -0.4 is 0 Å². The summed E-state index contributed by atoms with van der Waals surface area (Å²) in [5.74, 6) is -0.969. The Kier molecular flexibility index (Phi) is 4.11. The fraction of sp³-hybridized carbons (Fsp3) is 0.333. The summed E-state index contributed by atoms with van der Waals surface area (Å²) >= 11 is 1.52. The Morgan fingerprint density at radius 3 is 3.11 bits per heavy atom. The number of carboxylic acid groups (broad SMARTS) is 1. The van der Waals surface area contributed by atoms with E-state index in [0.717, 1.165) is 29.3 Å². The van der Waals surface area contributed by atoms with Crippen molar-refractivity contribution in [2.75, 3.05) is 6.61 Å². The lowest BCUT2D eigenvalue weighted by atomic mass is 10.2. The van der Waals surface area contributed by atoms with Crippen molar-refractivity contribution in [2.45, 2.75) is 20.0 Å². The molecule has 0 bridgehead atoms. The topological polar surface area (TPSA) is 75.2 Å². The lowest BCUT2D eigenvalue weighted by molar-refractivity contribution is 0.0691. The van der Waals surface area contributed by atoms with E-state index in [-0.39, 0.29) is 5.69 Å². The van der Waals surface area contributed by atoms with E-state index < -0.39 is 5.97 Å². The molecule has 0 unspecified atom stereocenters. The van der Waals surface area contributed by atoms with Gasteiger partial charge in [-0.25, -0.2) is 9.78 Å².